The van der Waals surface area contributed by atoms with Gasteiger partial charge in [-0.15, -0.1) is 11.3 Å². The normalized spacial score (nSPS) is 10.2. The first-order valence-corrected chi connectivity index (χ1v) is 7.65. The van der Waals surface area contributed by atoms with Crippen molar-refractivity contribution in [1.29, 1.82) is 0 Å². The predicted octanol–water partition coefficient (Wildman–Crippen LogP) is 3.01. The van der Waals surface area contributed by atoms with Crippen molar-refractivity contribution < 1.29 is 9.59 Å². The Hall–Kier alpha value is -1.85. The van der Waals surface area contributed by atoms with Gasteiger partial charge in [0.1, 0.15) is 0 Å². The summed E-state index contributed by atoms with van der Waals surface area (Å²) in [5.74, 6) is -0.449. The molecule has 2 amide bonds. The maximum absolute atomic E-state index is 11.8. The summed E-state index contributed by atoms with van der Waals surface area (Å²) in [7, 11) is 0. The molecule has 6 heteroatoms. The molecular weight excluding hydrogens is 308 g/mol. The van der Waals surface area contributed by atoms with E-state index in [0.29, 0.717) is 17.1 Å². The number of nitrogens with one attached hydrogen (secondary N) is 2. The van der Waals surface area contributed by atoms with E-state index in [1.807, 2.05) is 30.5 Å². The van der Waals surface area contributed by atoms with Crippen molar-refractivity contribution >= 4 is 40.4 Å². The molecule has 0 aliphatic rings. The van der Waals surface area contributed by atoms with Crippen LogP contribution in [-0.4, -0.2) is 18.4 Å². The van der Waals surface area contributed by atoms with Crippen LogP contribution in [0, 0.1) is 6.92 Å². The van der Waals surface area contributed by atoms with Crippen LogP contribution in [0.1, 0.15) is 10.4 Å². The molecule has 0 atom stereocenters. The third-order valence-corrected chi connectivity index (χ3v) is 3.95. The number of carbonyl (C=O) groups excluding carboxylic acids is 2. The average molecular weight is 323 g/mol. The van der Waals surface area contributed by atoms with E-state index in [0.717, 1.165) is 10.4 Å². The fraction of sp³-hybridized carbons (Fsp3) is 0.200. The zero-order valence-electron chi connectivity index (χ0n) is 11.5. The second kappa shape index (κ2) is 7.24. The zero-order chi connectivity index (χ0) is 15.2. The van der Waals surface area contributed by atoms with Crippen molar-refractivity contribution in [3.05, 3.63) is 51.2 Å². The lowest BCUT2D eigenvalue weighted by Crippen LogP contribution is -2.33. The highest BCUT2D eigenvalue weighted by Gasteiger charge is 2.08. The van der Waals surface area contributed by atoms with E-state index in [1.54, 1.807) is 12.1 Å². The Bertz CT molecular complexity index is 641. The van der Waals surface area contributed by atoms with E-state index in [1.165, 1.54) is 11.3 Å². The molecule has 0 radical (unpaired) electrons. The van der Waals surface area contributed by atoms with Crippen molar-refractivity contribution in [2.45, 2.75) is 13.3 Å². The van der Waals surface area contributed by atoms with Crippen LogP contribution < -0.4 is 10.6 Å². The zero-order valence-corrected chi connectivity index (χ0v) is 13.1. The first-order chi connectivity index (χ1) is 10.0. The van der Waals surface area contributed by atoms with Crippen LogP contribution in [0.3, 0.4) is 0 Å². The van der Waals surface area contributed by atoms with Gasteiger partial charge in [0.05, 0.1) is 13.0 Å². The minimum atomic E-state index is -0.278. The van der Waals surface area contributed by atoms with Crippen molar-refractivity contribution in [2.75, 3.05) is 11.9 Å². The molecule has 1 aromatic carbocycles. The topological polar surface area (TPSA) is 58.2 Å². The van der Waals surface area contributed by atoms with Crippen molar-refractivity contribution in [3.8, 4) is 0 Å². The maximum atomic E-state index is 11.8. The highest BCUT2D eigenvalue weighted by atomic mass is 35.5. The lowest BCUT2D eigenvalue weighted by atomic mass is 10.2. The number of hydrogen-bond acceptors (Lipinski definition) is 3. The third kappa shape index (κ3) is 4.88. The Balaban J connectivity index is 1.82. The number of hydrogen-bond donors (Lipinski definition) is 2. The predicted molar refractivity (Wildman–Crippen MR) is 85.9 cm³/mol. The summed E-state index contributed by atoms with van der Waals surface area (Å²) in [4.78, 5) is 24.5. The summed E-state index contributed by atoms with van der Waals surface area (Å²) >= 11 is 7.40. The van der Waals surface area contributed by atoms with Crippen LogP contribution in [0.2, 0.25) is 5.02 Å². The van der Waals surface area contributed by atoms with Crippen molar-refractivity contribution in [2.24, 2.45) is 0 Å². The quantitative estimate of drug-likeness (QED) is 0.889. The molecule has 2 N–H and O–H groups in total. The summed E-state index contributed by atoms with van der Waals surface area (Å²) in [6, 6.07) is 9.05. The number of halogens is 1. The van der Waals surface area contributed by atoms with E-state index in [-0.39, 0.29) is 18.4 Å². The minimum Gasteiger partial charge on any atom is -0.347 e. The molecule has 1 aromatic heterocycles. The summed E-state index contributed by atoms with van der Waals surface area (Å²) in [6.45, 7) is 1.82. The molecule has 1 heterocycles. The van der Waals surface area contributed by atoms with Gasteiger partial charge in [0.25, 0.3) is 0 Å². The monoisotopic (exact) mass is 322 g/mol. The average Bonchev–Trinajstić information content (AvgIpc) is 2.93. The van der Waals surface area contributed by atoms with Gasteiger partial charge in [-0.25, -0.2) is 0 Å². The maximum Gasteiger partial charge on any atom is 0.243 e. The number of amides is 2. The van der Waals surface area contributed by atoms with Crippen LogP contribution in [0.4, 0.5) is 5.69 Å². The highest BCUT2D eigenvalue weighted by Crippen LogP contribution is 2.19. The number of anilines is 1. The third-order valence-electron chi connectivity index (χ3n) is 2.83. The highest BCUT2D eigenvalue weighted by molar-refractivity contribution is 7.10. The number of aryl methyl sites for hydroxylation is 1. The van der Waals surface area contributed by atoms with Crippen LogP contribution in [-0.2, 0) is 16.0 Å². The Morgan fingerprint density at radius 1 is 1.24 bits per heavy atom. The lowest BCUT2D eigenvalue weighted by molar-refractivity contribution is -0.123. The molecular formula is C15H15ClN2O2S. The summed E-state index contributed by atoms with van der Waals surface area (Å²) in [5, 5.41) is 7.79. The van der Waals surface area contributed by atoms with Gasteiger partial charge in [0.2, 0.25) is 11.8 Å². The largest absolute Gasteiger partial charge is 0.347 e. The van der Waals surface area contributed by atoms with E-state index in [9.17, 15) is 9.59 Å². The molecule has 0 bridgehead atoms. The minimum absolute atomic E-state index is 0.0594. The van der Waals surface area contributed by atoms with Crippen LogP contribution in [0.25, 0.3) is 0 Å². The second-order valence-electron chi connectivity index (χ2n) is 4.54. The van der Waals surface area contributed by atoms with E-state index >= 15 is 0 Å². The van der Waals surface area contributed by atoms with Gasteiger partial charge in [-0.3, -0.25) is 9.59 Å². The Kier molecular flexibility index (Phi) is 5.36. The smallest absolute Gasteiger partial charge is 0.243 e. The number of benzene rings is 1. The van der Waals surface area contributed by atoms with Gasteiger partial charge in [0, 0.05) is 15.6 Å². The first-order valence-electron chi connectivity index (χ1n) is 6.39. The molecule has 0 saturated heterocycles. The van der Waals surface area contributed by atoms with Gasteiger partial charge in [-0.2, -0.15) is 0 Å². The first kappa shape index (κ1) is 15.5. The Morgan fingerprint density at radius 2 is 2.05 bits per heavy atom. The van der Waals surface area contributed by atoms with Gasteiger partial charge in [0.15, 0.2) is 0 Å². The van der Waals surface area contributed by atoms with Crippen molar-refractivity contribution in [3.63, 3.8) is 0 Å². The van der Waals surface area contributed by atoms with Crippen molar-refractivity contribution in [1.82, 2.24) is 5.32 Å². The van der Waals surface area contributed by atoms with Gasteiger partial charge in [-0.05, 0) is 36.1 Å². The fourth-order valence-corrected chi connectivity index (χ4v) is 2.61. The molecule has 2 rings (SSSR count). The lowest BCUT2D eigenvalue weighted by Gasteiger charge is -2.09. The fourth-order valence-electron chi connectivity index (χ4n) is 1.74. The molecule has 0 saturated carbocycles. The molecule has 110 valence electrons. The summed E-state index contributed by atoms with van der Waals surface area (Å²) in [6.07, 6.45) is 0.293. The standard InChI is InChI=1S/C15H15ClN2O2S/c1-10-4-5-11(16)7-13(10)18-15(20)9-17-14(19)8-12-3-2-6-21-12/h2-7H,8-9H2,1H3,(H,17,19)(H,18,20). The molecule has 0 spiro atoms. The summed E-state index contributed by atoms with van der Waals surface area (Å²) in [5.41, 5.74) is 1.57. The van der Waals surface area contributed by atoms with E-state index < -0.39 is 0 Å². The SMILES string of the molecule is Cc1ccc(Cl)cc1NC(=O)CNC(=O)Cc1cccs1. The molecule has 0 unspecified atom stereocenters. The van der Waals surface area contributed by atoms with Crippen LogP contribution >= 0.6 is 22.9 Å². The Morgan fingerprint density at radius 3 is 2.76 bits per heavy atom. The van der Waals surface area contributed by atoms with Gasteiger partial charge in [-0.1, -0.05) is 23.7 Å². The molecule has 2 aromatic rings. The molecule has 0 aliphatic heterocycles. The van der Waals surface area contributed by atoms with E-state index in [2.05, 4.69) is 10.6 Å². The van der Waals surface area contributed by atoms with Crippen LogP contribution in [0.15, 0.2) is 35.7 Å². The number of thiophene rings is 1. The van der Waals surface area contributed by atoms with E-state index in [4.69, 9.17) is 11.6 Å². The number of rotatable bonds is 5. The summed E-state index contributed by atoms with van der Waals surface area (Å²) < 4.78 is 0. The molecule has 0 fully saturated rings. The van der Waals surface area contributed by atoms with Crippen LogP contribution in [0.5, 0.6) is 0 Å². The van der Waals surface area contributed by atoms with Gasteiger partial charge < -0.3 is 10.6 Å². The second-order valence-corrected chi connectivity index (χ2v) is 6.01. The van der Waals surface area contributed by atoms with Gasteiger partial charge >= 0.3 is 0 Å². The molecule has 21 heavy (non-hydrogen) atoms. The molecule has 4 nitrogen and oxygen atoms in total. The number of carbonyl (C=O) groups is 2. The molecule has 0 aliphatic carbocycles. The Labute approximate surface area is 132 Å².